The molecular formula is C21H19Cl2N3O2. The Balaban J connectivity index is 2.08. The fraction of sp³-hybridized carbons (Fsp3) is 0.190. The van der Waals surface area contributed by atoms with Gasteiger partial charge in [-0.25, -0.2) is 0 Å². The Hall–Kier alpha value is -2.81. The maximum atomic E-state index is 12.5. The zero-order valence-electron chi connectivity index (χ0n) is 15.3. The van der Waals surface area contributed by atoms with Crippen molar-refractivity contribution in [3.8, 4) is 6.07 Å². The number of nitrogens with zero attached hydrogens (tertiary/aromatic N) is 2. The molecular weight excluding hydrogens is 397 g/mol. The molecule has 0 spiro atoms. The van der Waals surface area contributed by atoms with E-state index in [-0.39, 0.29) is 18.4 Å². The highest BCUT2D eigenvalue weighted by molar-refractivity contribution is 6.35. The predicted octanol–water partition coefficient (Wildman–Crippen LogP) is 4.76. The molecule has 0 atom stereocenters. The number of hydrogen-bond donors (Lipinski definition) is 1. The van der Waals surface area contributed by atoms with Crippen LogP contribution in [0.3, 0.4) is 0 Å². The average molecular weight is 416 g/mol. The monoisotopic (exact) mass is 415 g/mol. The van der Waals surface area contributed by atoms with Gasteiger partial charge in [-0.1, -0.05) is 48.3 Å². The highest BCUT2D eigenvalue weighted by atomic mass is 35.5. The second kappa shape index (κ2) is 10.5. The molecule has 0 aliphatic rings. The molecule has 0 fully saturated rings. The first kappa shape index (κ1) is 21.5. The normalized spacial score (nSPS) is 10.5. The summed E-state index contributed by atoms with van der Waals surface area (Å²) in [6.07, 6.45) is 3.64. The molecule has 0 saturated carbocycles. The number of halogens is 2. The van der Waals surface area contributed by atoms with Crippen LogP contribution in [-0.2, 0) is 9.59 Å². The molecule has 0 aromatic heterocycles. The van der Waals surface area contributed by atoms with Crippen molar-refractivity contribution in [2.45, 2.75) is 13.3 Å². The van der Waals surface area contributed by atoms with Crippen molar-refractivity contribution in [3.63, 3.8) is 0 Å². The van der Waals surface area contributed by atoms with Crippen LogP contribution in [0, 0.1) is 11.3 Å². The molecule has 2 rings (SSSR count). The highest BCUT2D eigenvalue weighted by Crippen LogP contribution is 2.25. The van der Waals surface area contributed by atoms with Gasteiger partial charge in [0.05, 0.1) is 22.3 Å². The molecule has 0 unspecified atom stereocenters. The topological polar surface area (TPSA) is 73.2 Å². The van der Waals surface area contributed by atoms with E-state index >= 15 is 0 Å². The molecule has 2 amide bonds. The number of nitrogens with one attached hydrogen (secondary N) is 1. The number of carbonyl (C=O) groups excluding carboxylic acids is 2. The Morgan fingerprint density at radius 1 is 1.21 bits per heavy atom. The summed E-state index contributed by atoms with van der Waals surface area (Å²) in [5.41, 5.74) is 1.51. The van der Waals surface area contributed by atoms with E-state index in [1.807, 2.05) is 6.92 Å². The number of rotatable bonds is 7. The van der Waals surface area contributed by atoms with Gasteiger partial charge in [0.1, 0.15) is 6.54 Å². The lowest BCUT2D eigenvalue weighted by Gasteiger charge is -2.20. The van der Waals surface area contributed by atoms with Gasteiger partial charge in [-0.3, -0.25) is 9.59 Å². The first-order chi connectivity index (χ1) is 13.4. The van der Waals surface area contributed by atoms with Crippen LogP contribution in [0.5, 0.6) is 0 Å². The maximum Gasteiger partial charge on any atom is 0.247 e. The van der Waals surface area contributed by atoms with Crippen LogP contribution in [-0.4, -0.2) is 29.8 Å². The van der Waals surface area contributed by atoms with Crippen LogP contribution in [0.2, 0.25) is 10.0 Å². The standard InChI is InChI=1S/C21H19Cl2N3O2/c1-2-11-26(14-20(27)25-19-12-17(22)8-9-18(19)23)21(28)10-7-15-5-3-4-6-16(15)13-24/h3-10,12H,2,11,14H2,1H3,(H,25,27)/b10-7+. The van der Waals surface area contributed by atoms with Crippen molar-refractivity contribution in [1.82, 2.24) is 4.90 Å². The number of hydrogen-bond acceptors (Lipinski definition) is 3. The summed E-state index contributed by atoms with van der Waals surface area (Å²) in [7, 11) is 0. The largest absolute Gasteiger partial charge is 0.330 e. The lowest BCUT2D eigenvalue weighted by Crippen LogP contribution is -2.37. The number of nitriles is 1. The van der Waals surface area contributed by atoms with E-state index in [4.69, 9.17) is 28.5 Å². The Morgan fingerprint density at radius 3 is 2.68 bits per heavy atom. The zero-order chi connectivity index (χ0) is 20.5. The summed E-state index contributed by atoms with van der Waals surface area (Å²) in [5, 5.41) is 12.6. The lowest BCUT2D eigenvalue weighted by molar-refractivity contribution is -0.130. The third-order valence-corrected chi connectivity index (χ3v) is 4.39. The van der Waals surface area contributed by atoms with E-state index in [9.17, 15) is 9.59 Å². The molecule has 0 radical (unpaired) electrons. The van der Waals surface area contributed by atoms with Crippen molar-refractivity contribution in [3.05, 3.63) is 69.7 Å². The van der Waals surface area contributed by atoms with Crippen molar-refractivity contribution >= 4 is 46.8 Å². The summed E-state index contributed by atoms with van der Waals surface area (Å²) in [5.74, 6) is -0.696. The second-order valence-electron chi connectivity index (χ2n) is 5.96. The minimum absolute atomic E-state index is 0.125. The van der Waals surface area contributed by atoms with Crippen LogP contribution < -0.4 is 5.32 Å². The van der Waals surface area contributed by atoms with Crippen molar-refractivity contribution in [2.24, 2.45) is 0 Å². The van der Waals surface area contributed by atoms with Gasteiger partial charge in [0.15, 0.2) is 0 Å². The van der Waals surface area contributed by atoms with E-state index in [0.29, 0.717) is 39.8 Å². The Morgan fingerprint density at radius 2 is 1.96 bits per heavy atom. The Kier molecular flexibility index (Phi) is 8.06. The van der Waals surface area contributed by atoms with Crippen LogP contribution in [0.4, 0.5) is 5.69 Å². The van der Waals surface area contributed by atoms with Crippen molar-refractivity contribution in [1.29, 1.82) is 5.26 Å². The number of anilines is 1. The summed E-state index contributed by atoms with van der Waals surface area (Å²) in [6.45, 7) is 2.21. The summed E-state index contributed by atoms with van der Waals surface area (Å²) >= 11 is 12.0. The van der Waals surface area contributed by atoms with Gasteiger partial charge in [0, 0.05) is 17.6 Å². The molecule has 28 heavy (non-hydrogen) atoms. The average Bonchev–Trinajstić information content (AvgIpc) is 2.68. The van der Waals surface area contributed by atoms with Gasteiger partial charge in [0.2, 0.25) is 11.8 Å². The van der Waals surface area contributed by atoms with Gasteiger partial charge in [-0.05, 0) is 42.3 Å². The molecule has 0 aliphatic carbocycles. The molecule has 0 aliphatic heterocycles. The molecule has 1 N–H and O–H groups in total. The van der Waals surface area contributed by atoms with Crippen molar-refractivity contribution in [2.75, 3.05) is 18.4 Å². The van der Waals surface area contributed by atoms with Crippen LogP contribution in [0.25, 0.3) is 6.08 Å². The zero-order valence-corrected chi connectivity index (χ0v) is 16.8. The highest BCUT2D eigenvalue weighted by Gasteiger charge is 2.15. The third kappa shape index (κ3) is 6.12. The quantitative estimate of drug-likeness (QED) is 0.662. The third-order valence-electron chi connectivity index (χ3n) is 3.83. The van der Waals surface area contributed by atoms with Gasteiger partial charge < -0.3 is 10.2 Å². The fourth-order valence-electron chi connectivity index (χ4n) is 2.50. The van der Waals surface area contributed by atoms with Gasteiger partial charge in [0.25, 0.3) is 0 Å². The maximum absolute atomic E-state index is 12.5. The van der Waals surface area contributed by atoms with Gasteiger partial charge in [-0.2, -0.15) is 5.26 Å². The first-order valence-electron chi connectivity index (χ1n) is 8.65. The van der Waals surface area contributed by atoms with E-state index in [1.54, 1.807) is 48.5 Å². The molecule has 0 heterocycles. The molecule has 144 valence electrons. The molecule has 0 bridgehead atoms. The van der Waals surface area contributed by atoms with Gasteiger partial charge in [-0.15, -0.1) is 0 Å². The SMILES string of the molecule is CCCN(CC(=O)Nc1cc(Cl)ccc1Cl)C(=O)/C=C/c1ccccc1C#N. The molecule has 2 aromatic rings. The number of carbonyl (C=O) groups is 2. The second-order valence-corrected chi connectivity index (χ2v) is 6.81. The number of amides is 2. The van der Waals surface area contributed by atoms with E-state index in [1.165, 1.54) is 11.0 Å². The molecule has 5 nitrogen and oxygen atoms in total. The van der Waals surface area contributed by atoms with Gasteiger partial charge >= 0.3 is 0 Å². The molecule has 7 heteroatoms. The number of benzene rings is 2. The van der Waals surface area contributed by atoms with Crippen LogP contribution in [0.15, 0.2) is 48.5 Å². The molecule has 2 aromatic carbocycles. The smallest absolute Gasteiger partial charge is 0.247 e. The lowest BCUT2D eigenvalue weighted by atomic mass is 10.1. The van der Waals surface area contributed by atoms with E-state index in [0.717, 1.165) is 0 Å². The summed E-state index contributed by atoms with van der Waals surface area (Å²) in [4.78, 5) is 26.3. The summed E-state index contributed by atoms with van der Waals surface area (Å²) < 4.78 is 0. The van der Waals surface area contributed by atoms with E-state index in [2.05, 4.69) is 11.4 Å². The minimum atomic E-state index is -0.378. The van der Waals surface area contributed by atoms with Crippen molar-refractivity contribution < 1.29 is 9.59 Å². The first-order valence-corrected chi connectivity index (χ1v) is 9.41. The molecule has 0 saturated heterocycles. The predicted molar refractivity (Wildman–Crippen MR) is 112 cm³/mol. The summed E-state index contributed by atoms with van der Waals surface area (Å²) in [6, 6.07) is 13.8. The van der Waals surface area contributed by atoms with E-state index < -0.39 is 0 Å². The fourth-order valence-corrected chi connectivity index (χ4v) is 2.84. The Bertz CT molecular complexity index is 935. The Labute approximate surface area is 174 Å². The van der Waals surface area contributed by atoms with Crippen LogP contribution in [0.1, 0.15) is 24.5 Å². The minimum Gasteiger partial charge on any atom is -0.330 e. The van der Waals surface area contributed by atoms with Crippen LogP contribution >= 0.6 is 23.2 Å².